The van der Waals surface area contributed by atoms with E-state index >= 15 is 0 Å². The van der Waals surface area contributed by atoms with Crippen molar-refractivity contribution in [2.75, 3.05) is 13.1 Å². The van der Waals surface area contributed by atoms with E-state index in [1.54, 1.807) is 0 Å². The molecule has 0 aromatic carbocycles. The predicted octanol–water partition coefficient (Wildman–Crippen LogP) is 3.05. The molecule has 1 rings (SSSR count). The highest BCUT2D eigenvalue weighted by Gasteiger charge is 2.32. The number of hydrogen-bond donors (Lipinski definition) is 0. The van der Waals surface area contributed by atoms with Gasteiger partial charge in [-0.15, -0.1) is 0 Å². The molecule has 0 aliphatic carbocycles. The summed E-state index contributed by atoms with van der Waals surface area (Å²) in [5.41, 5.74) is 0.289. The lowest BCUT2D eigenvalue weighted by Gasteiger charge is -2.39. The number of carbonyl (C=O) groups excluding carboxylic acids is 1. The number of halogens is 1. The van der Waals surface area contributed by atoms with Gasteiger partial charge in [-0.25, -0.2) is 0 Å². The normalized spacial score (nSPS) is 22.9. The smallest absolute Gasteiger partial charge is 0.236 e. The maximum absolute atomic E-state index is 12.1. The Morgan fingerprint density at radius 3 is 2.47 bits per heavy atom. The molecule has 1 heterocycles. The first-order valence-corrected chi connectivity index (χ1v) is 6.68. The molecule has 1 unspecified atom stereocenters. The van der Waals surface area contributed by atoms with Crippen LogP contribution in [0.4, 0.5) is 0 Å². The zero-order chi connectivity index (χ0) is 11.6. The highest BCUT2D eigenvalue weighted by Crippen LogP contribution is 2.29. The van der Waals surface area contributed by atoms with Crippen LogP contribution >= 0.6 is 15.9 Å². The van der Waals surface area contributed by atoms with Crippen molar-refractivity contribution in [3.05, 3.63) is 0 Å². The van der Waals surface area contributed by atoms with Crippen LogP contribution < -0.4 is 0 Å². The molecule has 2 nitrogen and oxygen atoms in total. The summed E-state index contributed by atoms with van der Waals surface area (Å²) in [6, 6.07) is 0. The number of rotatable bonds is 2. The summed E-state index contributed by atoms with van der Waals surface area (Å²) in [6.07, 6.45) is 2.36. The van der Waals surface area contributed by atoms with Crippen molar-refractivity contribution in [3.8, 4) is 0 Å². The Hall–Kier alpha value is -0.0500. The second kappa shape index (κ2) is 4.86. The topological polar surface area (TPSA) is 20.3 Å². The summed E-state index contributed by atoms with van der Waals surface area (Å²) in [5, 5.41) is 0. The van der Waals surface area contributed by atoms with Gasteiger partial charge in [0.25, 0.3) is 0 Å². The fourth-order valence-corrected chi connectivity index (χ4v) is 2.36. The summed E-state index contributed by atoms with van der Waals surface area (Å²) in [7, 11) is 0. The van der Waals surface area contributed by atoms with Gasteiger partial charge < -0.3 is 4.90 Å². The zero-order valence-electron chi connectivity index (χ0n) is 10.2. The van der Waals surface area contributed by atoms with Gasteiger partial charge in [0, 0.05) is 13.1 Å². The van der Waals surface area contributed by atoms with Crippen LogP contribution in [0.2, 0.25) is 0 Å². The Bertz CT molecular complexity index is 238. The summed E-state index contributed by atoms with van der Waals surface area (Å²) in [5.74, 6) is 0.625. The van der Waals surface area contributed by atoms with Crippen molar-refractivity contribution >= 4 is 21.8 Å². The molecular weight excluding hydrogens is 254 g/mol. The first-order chi connectivity index (χ1) is 6.83. The third kappa shape index (κ3) is 3.47. The van der Waals surface area contributed by atoms with Crippen molar-refractivity contribution in [2.45, 2.75) is 45.4 Å². The van der Waals surface area contributed by atoms with Crippen molar-refractivity contribution in [1.29, 1.82) is 0 Å². The summed E-state index contributed by atoms with van der Waals surface area (Å²) in [6.45, 7) is 10.5. The molecule has 0 saturated carbocycles. The minimum atomic E-state index is -0.0219. The molecule has 1 aliphatic rings. The first-order valence-electron chi connectivity index (χ1n) is 5.76. The van der Waals surface area contributed by atoms with E-state index in [-0.39, 0.29) is 16.1 Å². The van der Waals surface area contributed by atoms with Crippen molar-refractivity contribution in [2.24, 2.45) is 11.3 Å². The van der Waals surface area contributed by atoms with Gasteiger partial charge in [0.1, 0.15) is 0 Å². The fourth-order valence-electron chi connectivity index (χ4n) is 2.07. The molecule has 0 aromatic heterocycles. The van der Waals surface area contributed by atoms with E-state index in [0.29, 0.717) is 5.92 Å². The SMILES string of the molecule is CC(C)C(Br)C(=O)N1CCCC(C)(C)C1. The number of hydrogen-bond acceptors (Lipinski definition) is 1. The molecule has 0 radical (unpaired) electrons. The number of piperidine rings is 1. The summed E-state index contributed by atoms with van der Waals surface area (Å²) >= 11 is 3.49. The molecule has 0 N–H and O–H groups in total. The molecule has 0 spiro atoms. The number of carbonyl (C=O) groups is 1. The van der Waals surface area contributed by atoms with Crippen LogP contribution in [-0.2, 0) is 4.79 Å². The fraction of sp³-hybridized carbons (Fsp3) is 0.917. The Kier molecular flexibility index (Phi) is 4.21. The van der Waals surface area contributed by atoms with Crippen LogP contribution in [0.15, 0.2) is 0 Å². The molecular formula is C12H22BrNO. The number of amides is 1. The Morgan fingerprint density at radius 1 is 1.40 bits per heavy atom. The van der Waals surface area contributed by atoms with E-state index in [4.69, 9.17) is 0 Å². The lowest BCUT2D eigenvalue weighted by Crippen LogP contribution is -2.47. The molecule has 1 atom stereocenters. The van der Waals surface area contributed by atoms with Crippen LogP contribution in [-0.4, -0.2) is 28.7 Å². The zero-order valence-corrected chi connectivity index (χ0v) is 11.8. The van der Waals surface area contributed by atoms with E-state index in [2.05, 4.69) is 43.6 Å². The van der Waals surface area contributed by atoms with Gasteiger partial charge in [-0.2, -0.15) is 0 Å². The lowest BCUT2D eigenvalue weighted by molar-refractivity contribution is -0.134. The first kappa shape index (κ1) is 13.0. The highest BCUT2D eigenvalue weighted by molar-refractivity contribution is 9.10. The van der Waals surface area contributed by atoms with Crippen LogP contribution in [0, 0.1) is 11.3 Å². The van der Waals surface area contributed by atoms with E-state index in [1.807, 2.05) is 4.90 Å². The van der Waals surface area contributed by atoms with Crippen LogP contribution in [0.25, 0.3) is 0 Å². The van der Waals surface area contributed by atoms with E-state index < -0.39 is 0 Å². The third-order valence-corrected chi connectivity index (χ3v) is 4.48. The maximum Gasteiger partial charge on any atom is 0.236 e. The van der Waals surface area contributed by atoms with Gasteiger partial charge >= 0.3 is 0 Å². The minimum Gasteiger partial charge on any atom is -0.341 e. The van der Waals surface area contributed by atoms with Crippen molar-refractivity contribution in [3.63, 3.8) is 0 Å². The van der Waals surface area contributed by atoms with Gasteiger partial charge in [0.15, 0.2) is 0 Å². The molecule has 0 bridgehead atoms. The van der Waals surface area contributed by atoms with Gasteiger partial charge in [0.2, 0.25) is 5.91 Å². The molecule has 1 aliphatic heterocycles. The molecule has 1 amide bonds. The minimum absolute atomic E-state index is 0.0219. The molecule has 88 valence electrons. The maximum atomic E-state index is 12.1. The standard InChI is InChI=1S/C12H22BrNO/c1-9(2)10(13)11(15)14-7-5-6-12(3,4)8-14/h9-10H,5-8H2,1-4H3. The molecule has 3 heteroatoms. The van der Waals surface area contributed by atoms with Gasteiger partial charge in [-0.3, -0.25) is 4.79 Å². The molecule has 1 saturated heterocycles. The van der Waals surface area contributed by atoms with E-state index in [9.17, 15) is 4.79 Å². The number of likely N-dealkylation sites (tertiary alicyclic amines) is 1. The summed E-state index contributed by atoms with van der Waals surface area (Å²) in [4.78, 5) is 14.1. The van der Waals surface area contributed by atoms with Crippen molar-refractivity contribution < 1.29 is 4.79 Å². The largest absolute Gasteiger partial charge is 0.341 e. The van der Waals surface area contributed by atoms with Crippen molar-refractivity contribution in [1.82, 2.24) is 4.90 Å². The Morgan fingerprint density at radius 2 is 2.00 bits per heavy atom. The number of alkyl halides is 1. The van der Waals surface area contributed by atoms with Gasteiger partial charge in [-0.1, -0.05) is 43.6 Å². The second-order valence-electron chi connectivity index (χ2n) is 5.67. The van der Waals surface area contributed by atoms with Crippen LogP contribution in [0.1, 0.15) is 40.5 Å². The lowest BCUT2D eigenvalue weighted by atomic mass is 9.84. The molecule has 15 heavy (non-hydrogen) atoms. The van der Waals surface area contributed by atoms with Gasteiger partial charge in [0.05, 0.1) is 4.83 Å². The van der Waals surface area contributed by atoms with E-state index in [1.165, 1.54) is 6.42 Å². The Labute approximate surface area is 102 Å². The Balaban J connectivity index is 2.60. The monoisotopic (exact) mass is 275 g/mol. The summed E-state index contributed by atoms with van der Waals surface area (Å²) < 4.78 is 0. The third-order valence-electron chi connectivity index (χ3n) is 3.03. The predicted molar refractivity (Wildman–Crippen MR) is 67.1 cm³/mol. The molecule has 0 aromatic rings. The van der Waals surface area contributed by atoms with Gasteiger partial charge in [-0.05, 0) is 24.2 Å². The van der Waals surface area contributed by atoms with Crippen LogP contribution in [0.5, 0.6) is 0 Å². The van der Waals surface area contributed by atoms with E-state index in [0.717, 1.165) is 19.5 Å². The molecule has 1 fully saturated rings. The van der Waals surface area contributed by atoms with Crippen LogP contribution in [0.3, 0.4) is 0 Å². The average Bonchev–Trinajstić information content (AvgIpc) is 2.13. The number of nitrogens with zero attached hydrogens (tertiary/aromatic N) is 1. The highest BCUT2D eigenvalue weighted by atomic mass is 79.9. The second-order valence-corrected chi connectivity index (χ2v) is 6.66. The average molecular weight is 276 g/mol. The quantitative estimate of drug-likeness (QED) is 0.710.